The minimum absolute atomic E-state index is 0.104. The smallest absolute Gasteiger partial charge is 0.223 e. The molecule has 3 nitrogen and oxygen atoms in total. The van der Waals surface area contributed by atoms with E-state index in [1.165, 1.54) is 24.0 Å². The number of Topliss-reactive ketones (excluding diaryl/α,β-unsaturated/α-hetero) is 1. The fourth-order valence-electron chi connectivity index (χ4n) is 3.72. The van der Waals surface area contributed by atoms with Crippen LogP contribution in [0.5, 0.6) is 0 Å². The molecule has 1 aromatic rings. The molecule has 1 atom stereocenters. The van der Waals surface area contributed by atoms with Gasteiger partial charge in [-0.25, -0.2) is 0 Å². The number of carbonyl (C=O) groups is 2. The van der Waals surface area contributed by atoms with Crippen LogP contribution < -0.4 is 0 Å². The third-order valence-electron chi connectivity index (χ3n) is 5.11. The zero-order valence-electron chi connectivity index (χ0n) is 13.4. The predicted octanol–water partition coefficient (Wildman–Crippen LogP) is 3.54. The SMILES string of the molecule is CC1CCCCN1C(=O)CCC(=O)c1ccc2c(c1)CCC2. The number of piperidine rings is 1. The van der Waals surface area contributed by atoms with Crippen molar-refractivity contribution in [2.45, 2.75) is 64.3 Å². The van der Waals surface area contributed by atoms with Gasteiger partial charge in [-0.05, 0) is 62.6 Å². The van der Waals surface area contributed by atoms with Crippen LogP contribution in [0.3, 0.4) is 0 Å². The van der Waals surface area contributed by atoms with E-state index >= 15 is 0 Å². The minimum Gasteiger partial charge on any atom is -0.340 e. The molecule has 3 heteroatoms. The maximum Gasteiger partial charge on any atom is 0.223 e. The Kier molecular flexibility index (Phi) is 4.60. The Labute approximate surface area is 132 Å². The van der Waals surface area contributed by atoms with Crippen LogP contribution in [0.2, 0.25) is 0 Å². The maximum absolute atomic E-state index is 12.3. The summed E-state index contributed by atoms with van der Waals surface area (Å²) < 4.78 is 0. The molecule has 1 unspecified atom stereocenters. The monoisotopic (exact) mass is 299 g/mol. The van der Waals surface area contributed by atoms with E-state index < -0.39 is 0 Å². The Morgan fingerprint density at radius 1 is 1.09 bits per heavy atom. The molecule has 118 valence electrons. The van der Waals surface area contributed by atoms with E-state index in [-0.39, 0.29) is 11.7 Å². The molecular weight excluding hydrogens is 274 g/mol. The van der Waals surface area contributed by atoms with Crippen LogP contribution in [0.1, 0.15) is 66.9 Å². The van der Waals surface area contributed by atoms with Gasteiger partial charge < -0.3 is 4.90 Å². The van der Waals surface area contributed by atoms with Crippen LogP contribution in [0.25, 0.3) is 0 Å². The Bertz CT molecular complexity index is 579. The number of hydrogen-bond acceptors (Lipinski definition) is 2. The molecule has 0 spiro atoms. The molecule has 0 N–H and O–H groups in total. The van der Waals surface area contributed by atoms with E-state index in [1.54, 1.807) is 0 Å². The molecule has 22 heavy (non-hydrogen) atoms. The van der Waals surface area contributed by atoms with Gasteiger partial charge in [-0.3, -0.25) is 9.59 Å². The van der Waals surface area contributed by atoms with Crippen LogP contribution >= 0.6 is 0 Å². The van der Waals surface area contributed by atoms with Gasteiger partial charge in [-0.2, -0.15) is 0 Å². The molecule has 1 aliphatic heterocycles. The van der Waals surface area contributed by atoms with Gasteiger partial charge in [0.25, 0.3) is 0 Å². The van der Waals surface area contributed by atoms with E-state index in [0.717, 1.165) is 37.8 Å². The number of amides is 1. The third kappa shape index (κ3) is 3.23. The lowest BCUT2D eigenvalue weighted by molar-refractivity contribution is -0.134. The average Bonchev–Trinajstić information content (AvgIpc) is 3.00. The molecular formula is C19H25NO2. The molecule has 1 heterocycles. The Hall–Kier alpha value is -1.64. The first-order valence-electron chi connectivity index (χ1n) is 8.59. The third-order valence-corrected chi connectivity index (χ3v) is 5.11. The maximum atomic E-state index is 12.3. The zero-order valence-corrected chi connectivity index (χ0v) is 13.4. The molecule has 3 rings (SSSR count). The molecule has 1 aromatic carbocycles. The Morgan fingerprint density at radius 3 is 2.73 bits per heavy atom. The molecule has 0 radical (unpaired) electrons. The summed E-state index contributed by atoms with van der Waals surface area (Å²) >= 11 is 0. The highest BCUT2D eigenvalue weighted by Gasteiger charge is 2.23. The highest BCUT2D eigenvalue weighted by molar-refractivity contribution is 5.98. The topological polar surface area (TPSA) is 37.4 Å². The second-order valence-electron chi connectivity index (χ2n) is 6.69. The predicted molar refractivity (Wildman–Crippen MR) is 87.1 cm³/mol. The van der Waals surface area contributed by atoms with Crippen molar-refractivity contribution >= 4 is 11.7 Å². The van der Waals surface area contributed by atoms with Crippen LogP contribution in [0.15, 0.2) is 18.2 Å². The van der Waals surface area contributed by atoms with Gasteiger partial charge in [-0.15, -0.1) is 0 Å². The second-order valence-corrected chi connectivity index (χ2v) is 6.69. The van der Waals surface area contributed by atoms with Crippen molar-refractivity contribution < 1.29 is 9.59 Å². The van der Waals surface area contributed by atoms with Gasteiger partial charge in [-0.1, -0.05) is 12.1 Å². The van der Waals surface area contributed by atoms with Gasteiger partial charge >= 0.3 is 0 Å². The number of nitrogens with zero attached hydrogens (tertiary/aromatic N) is 1. The summed E-state index contributed by atoms with van der Waals surface area (Å²) in [6.07, 6.45) is 7.48. The minimum atomic E-state index is 0.104. The summed E-state index contributed by atoms with van der Waals surface area (Å²) in [6, 6.07) is 6.39. The van der Waals surface area contributed by atoms with Crippen molar-refractivity contribution in [3.8, 4) is 0 Å². The first-order chi connectivity index (χ1) is 10.6. The first-order valence-corrected chi connectivity index (χ1v) is 8.59. The summed E-state index contributed by atoms with van der Waals surface area (Å²) in [5.41, 5.74) is 3.48. The van der Waals surface area contributed by atoms with Crippen molar-refractivity contribution in [1.29, 1.82) is 0 Å². The van der Waals surface area contributed by atoms with Crippen molar-refractivity contribution in [3.63, 3.8) is 0 Å². The van der Waals surface area contributed by atoms with Crippen molar-refractivity contribution in [2.24, 2.45) is 0 Å². The molecule has 1 aliphatic carbocycles. The molecule has 0 bridgehead atoms. The summed E-state index contributed by atoms with van der Waals surface area (Å²) in [4.78, 5) is 26.6. The van der Waals surface area contributed by atoms with Crippen molar-refractivity contribution in [1.82, 2.24) is 4.90 Å². The number of hydrogen-bond donors (Lipinski definition) is 0. The van der Waals surface area contributed by atoms with Gasteiger partial charge in [0.2, 0.25) is 5.91 Å². The number of ketones is 1. The quantitative estimate of drug-likeness (QED) is 0.797. The lowest BCUT2D eigenvalue weighted by atomic mass is 10.00. The largest absolute Gasteiger partial charge is 0.340 e. The van der Waals surface area contributed by atoms with Gasteiger partial charge in [0.05, 0.1) is 0 Å². The van der Waals surface area contributed by atoms with Gasteiger partial charge in [0, 0.05) is 31.0 Å². The van der Waals surface area contributed by atoms with Crippen LogP contribution in [0, 0.1) is 0 Å². The number of carbonyl (C=O) groups excluding carboxylic acids is 2. The summed E-state index contributed by atoms with van der Waals surface area (Å²) in [5, 5.41) is 0. The Morgan fingerprint density at radius 2 is 1.91 bits per heavy atom. The van der Waals surface area contributed by atoms with E-state index in [1.807, 2.05) is 17.0 Å². The van der Waals surface area contributed by atoms with Gasteiger partial charge in [0.1, 0.15) is 0 Å². The number of aryl methyl sites for hydroxylation is 2. The summed E-state index contributed by atoms with van der Waals surface area (Å²) in [5.74, 6) is 0.245. The van der Waals surface area contributed by atoms with Crippen LogP contribution in [-0.2, 0) is 17.6 Å². The second kappa shape index (κ2) is 6.64. The Balaban J connectivity index is 1.57. The number of benzene rings is 1. The molecule has 2 aliphatic rings. The first kappa shape index (κ1) is 15.3. The van der Waals surface area contributed by atoms with E-state index in [2.05, 4.69) is 13.0 Å². The summed E-state index contributed by atoms with van der Waals surface area (Å²) in [7, 11) is 0. The number of fused-ring (bicyclic) bond motifs is 1. The lowest BCUT2D eigenvalue weighted by Gasteiger charge is -2.33. The normalized spacial score (nSPS) is 20.8. The average molecular weight is 299 g/mol. The van der Waals surface area contributed by atoms with Crippen molar-refractivity contribution in [2.75, 3.05) is 6.54 Å². The number of rotatable bonds is 4. The van der Waals surface area contributed by atoms with Crippen molar-refractivity contribution in [3.05, 3.63) is 34.9 Å². The van der Waals surface area contributed by atoms with Crippen LogP contribution in [-0.4, -0.2) is 29.2 Å². The summed E-state index contributed by atoms with van der Waals surface area (Å²) in [6.45, 7) is 2.96. The molecule has 1 fully saturated rings. The van der Waals surface area contributed by atoms with Crippen LogP contribution in [0.4, 0.5) is 0 Å². The van der Waals surface area contributed by atoms with E-state index in [9.17, 15) is 9.59 Å². The molecule has 1 saturated heterocycles. The number of likely N-dealkylation sites (tertiary alicyclic amines) is 1. The van der Waals surface area contributed by atoms with E-state index in [4.69, 9.17) is 0 Å². The fourth-order valence-corrected chi connectivity index (χ4v) is 3.72. The highest BCUT2D eigenvalue weighted by Crippen LogP contribution is 2.24. The fraction of sp³-hybridized carbons (Fsp3) is 0.579. The zero-order chi connectivity index (χ0) is 15.5. The molecule has 0 aromatic heterocycles. The molecule has 1 amide bonds. The highest BCUT2D eigenvalue weighted by atomic mass is 16.2. The lowest BCUT2D eigenvalue weighted by Crippen LogP contribution is -2.42. The van der Waals surface area contributed by atoms with Gasteiger partial charge in [0.15, 0.2) is 5.78 Å². The molecule has 0 saturated carbocycles. The van der Waals surface area contributed by atoms with E-state index in [0.29, 0.717) is 18.9 Å². The standard InChI is InChI=1S/C19H25NO2/c1-14-5-2-3-12-20(14)19(22)11-10-18(21)17-9-8-15-6-4-7-16(15)13-17/h8-9,13-14H,2-7,10-12H2,1H3.